The van der Waals surface area contributed by atoms with E-state index in [1.807, 2.05) is 13.8 Å². The van der Waals surface area contributed by atoms with Gasteiger partial charge < -0.3 is 15.4 Å². The second kappa shape index (κ2) is 9.13. The number of aryl methyl sites for hydroxylation is 2. The Labute approximate surface area is 173 Å². The molecule has 8 nitrogen and oxygen atoms in total. The molecule has 3 aromatic rings. The van der Waals surface area contributed by atoms with E-state index in [0.717, 1.165) is 16.9 Å². The SMILES string of the molecule is CC(=O)Oc1cccc(C(=O)NCCNC(=O)c2ccc3nc(C)c(C)nc3c2)c1. The minimum Gasteiger partial charge on any atom is -0.427 e. The number of benzene rings is 2. The fourth-order valence-electron chi connectivity index (χ4n) is 2.79. The van der Waals surface area contributed by atoms with E-state index in [-0.39, 0.29) is 24.9 Å². The van der Waals surface area contributed by atoms with Crippen molar-refractivity contribution < 1.29 is 19.1 Å². The zero-order valence-electron chi connectivity index (χ0n) is 17.0. The molecule has 0 saturated heterocycles. The van der Waals surface area contributed by atoms with E-state index in [1.54, 1.807) is 36.4 Å². The van der Waals surface area contributed by atoms with Gasteiger partial charge in [-0.3, -0.25) is 14.4 Å². The number of carbonyl (C=O) groups is 3. The van der Waals surface area contributed by atoms with Gasteiger partial charge >= 0.3 is 5.97 Å². The first-order valence-corrected chi connectivity index (χ1v) is 9.43. The molecule has 0 spiro atoms. The van der Waals surface area contributed by atoms with Crippen LogP contribution in [0, 0.1) is 13.8 Å². The number of hydrogen-bond acceptors (Lipinski definition) is 6. The smallest absolute Gasteiger partial charge is 0.308 e. The minimum absolute atomic E-state index is 0.244. The normalized spacial score (nSPS) is 10.5. The third-order valence-corrected chi connectivity index (χ3v) is 4.39. The lowest BCUT2D eigenvalue weighted by Crippen LogP contribution is -2.34. The molecule has 0 aliphatic heterocycles. The van der Waals surface area contributed by atoms with Crippen LogP contribution in [0.5, 0.6) is 5.75 Å². The number of fused-ring (bicyclic) bond motifs is 1. The van der Waals surface area contributed by atoms with E-state index in [9.17, 15) is 14.4 Å². The molecule has 3 rings (SSSR count). The van der Waals surface area contributed by atoms with Crippen LogP contribution in [-0.2, 0) is 4.79 Å². The molecule has 0 aliphatic carbocycles. The Morgan fingerprint density at radius 2 is 1.43 bits per heavy atom. The summed E-state index contributed by atoms with van der Waals surface area (Å²) < 4.78 is 4.97. The molecule has 1 heterocycles. The number of hydrogen-bond donors (Lipinski definition) is 2. The number of amides is 2. The Balaban J connectivity index is 1.53. The molecule has 8 heteroatoms. The Hall–Kier alpha value is -3.81. The lowest BCUT2D eigenvalue weighted by Gasteiger charge is -2.09. The third kappa shape index (κ3) is 5.16. The van der Waals surface area contributed by atoms with Crippen molar-refractivity contribution in [1.82, 2.24) is 20.6 Å². The van der Waals surface area contributed by atoms with Crippen molar-refractivity contribution >= 4 is 28.8 Å². The zero-order chi connectivity index (χ0) is 21.7. The summed E-state index contributed by atoms with van der Waals surface area (Å²) in [5.41, 5.74) is 3.90. The van der Waals surface area contributed by atoms with Crippen molar-refractivity contribution in [3.63, 3.8) is 0 Å². The molecule has 0 atom stereocenters. The molecule has 2 aromatic carbocycles. The fourth-order valence-corrected chi connectivity index (χ4v) is 2.79. The van der Waals surface area contributed by atoms with Crippen molar-refractivity contribution in [3.8, 4) is 5.75 Å². The predicted molar refractivity (Wildman–Crippen MR) is 111 cm³/mol. The molecular weight excluding hydrogens is 384 g/mol. The largest absolute Gasteiger partial charge is 0.427 e. The maximum Gasteiger partial charge on any atom is 0.308 e. The lowest BCUT2D eigenvalue weighted by molar-refractivity contribution is -0.131. The number of esters is 1. The van der Waals surface area contributed by atoms with Crippen LogP contribution in [0.3, 0.4) is 0 Å². The van der Waals surface area contributed by atoms with Gasteiger partial charge in [-0.05, 0) is 50.2 Å². The summed E-state index contributed by atoms with van der Waals surface area (Å²) in [6.45, 7) is 5.56. The highest BCUT2D eigenvalue weighted by Gasteiger charge is 2.10. The lowest BCUT2D eigenvalue weighted by atomic mass is 10.1. The Morgan fingerprint density at radius 3 is 2.07 bits per heavy atom. The van der Waals surface area contributed by atoms with E-state index >= 15 is 0 Å². The maximum atomic E-state index is 12.4. The van der Waals surface area contributed by atoms with Crippen LogP contribution in [0.1, 0.15) is 39.0 Å². The predicted octanol–water partition coefficient (Wildman–Crippen LogP) is 2.33. The van der Waals surface area contributed by atoms with Gasteiger partial charge in [0, 0.05) is 31.1 Å². The Kier molecular flexibility index (Phi) is 6.36. The highest BCUT2D eigenvalue weighted by Crippen LogP contribution is 2.15. The van der Waals surface area contributed by atoms with Gasteiger partial charge in [0.05, 0.1) is 22.4 Å². The van der Waals surface area contributed by atoms with Gasteiger partial charge in [-0.15, -0.1) is 0 Å². The van der Waals surface area contributed by atoms with Gasteiger partial charge in [-0.1, -0.05) is 6.07 Å². The van der Waals surface area contributed by atoms with Crippen LogP contribution >= 0.6 is 0 Å². The van der Waals surface area contributed by atoms with Crippen LogP contribution in [0.25, 0.3) is 11.0 Å². The highest BCUT2D eigenvalue weighted by molar-refractivity contribution is 5.97. The highest BCUT2D eigenvalue weighted by atomic mass is 16.5. The average Bonchev–Trinajstić information content (AvgIpc) is 2.71. The van der Waals surface area contributed by atoms with Crippen molar-refractivity contribution in [3.05, 3.63) is 65.0 Å². The third-order valence-electron chi connectivity index (χ3n) is 4.39. The van der Waals surface area contributed by atoms with E-state index in [2.05, 4.69) is 20.6 Å². The molecule has 2 amide bonds. The van der Waals surface area contributed by atoms with Gasteiger partial charge in [0.2, 0.25) is 0 Å². The van der Waals surface area contributed by atoms with Gasteiger partial charge in [0.25, 0.3) is 11.8 Å². The fraction of sp³-hybridized carbons (Fsp3) is 0.227. The summed E-state index contributed by atoms with van der Waals surface area (Å²) in [6.07, 6.45) is 0. The van der Waals surface area contributed by atoms with Crippen LogP contribution in [0.15, 0.2) is 42.5 Å². The molecule has 0 radical (unpaired) electrons. The van der Waals surface area contributed by atoms with E-state index in [4.69, 9.17) is 4.74 Å². The molecule has 0 saturated carbocycles. The van der Waals surface area contributed by atoms with Crippen molar-refractivity contribution in [2.75, 3.05) is 13.1 Å². The summed E-state index contributed by atoms with van der Waals surface area (Å²) in [6, 6.07) is 11.5. The molecule has 0 fully saturated rings. The number of nitrogens with zero attached hydrogens (tertiary/aromatic N) is 2. The van der Waals surface area contributed by atoms with Crippen LogP contribution in [-0.4, -0.2) is 40.8 Å². The van der Waals surface area contributed by atoms with Crippen LogP contribution < -0.4 is 15.4 Å². The van der Waals surface area contributed by atoms with Gasteiger partial charge in [-0.2, -0.15) is 0 Å². The Bertz CT molecular complexity index is 1130. The molecule has 154 valence electrons. The van der Waals surface area contributed by atoms with E-state index in [1.165, 1.54) is 13.0 Å². The first kappa shape index (κ1) is 20.9. The van der Waals surface area contributed by atoms with Crippen molar-refractivity contribution in [1.29, 1.82) is 0 Å². The summed E-state index contributed by atoms with van der Waals surface area (Å²) in [5, 5.41) is 5.48. The maximum absolute atomic E-state index is 12.4. The van der Waals surface area contributed by atoms with E-state index in [0.29, 0.717) is 22.4 Å². The second-order valence-corrected chi connectivity index (χ2v) is 6.73. The van der Waals surface area contributed by atoms with Gasteiger partial charge in [0.1, 0.15) is 5.75 Å². The minimum atomic E-state index is -0.458. The molecule has 0 unspecified atom stereocenters. The molecule has 2 N–H and O–H groups in total. The Morgan fingerprint density at radius 1 is 0.833 bits per heavy atom. The number of rotatable bonds is 6. The summed E-state index contributed by atoms with van der Waals surface area (Å²) in [7, 11) is 0. The monoisotopic (exact) mass is 406 g/mol. The number of ether oxygens (including phenoxy) is 1. The molecule has 0 bridgehead atoms. The molecule has 0 aliphatic rings. The van der Waals surface area contributed by atoms with Gasteiger partial charge in [0.15, 0.2) is 0 Å². The topological polar surface area (TPSA) is 110 Å². The first-order valence-electron chi connectivity index (χ1n) is 9.43. The van der Waals surface area contributed by atoms with Gasteiger partial charge in [-0.25, -0.2) is 9.97 Å². The molecular formula is C22H22N4O4. The quantitative estimate of drug-likeness (QED) is 0.369. The molecule has 1 aromatic heterocycles. The van der Waals surface area contributed by atoms with Crippen LogP contribution in [0.4, 0.5) is 0 Å². The summed E-state index contributed by atoms with van der Waals surface area (Å²) in [5.74, 6) is -0.748. The number of aromatic nitrogens is 2. The first-order chi connectivity index (χ1) is 14.3. The zero-order valence-corrected chi connectivity index (χ0v) is 17.0. The van der Waals surface area contributed by atoms with Crippen LogP contribution in [0.2, 0.25) is 0 Å². The number of nitrogens with one attached hydrogen (secondary N) is 2. The van der Waals surface area contributed by atoms with Crippen molar-refractivity contribution in [2.45, 2.75) is 20.8 Å². The second-order valence-electron chi connectivity index (χ2n) is 6.73. The van der Waals surface area contributed by atoms with E-state index < -0.39 is 5.97 Å². The summed E-state index contributed by atoms with van der Waals surface area (Å²) >= 11 is 0. The summed E-state index contributed by atoms with van der Waals surface area (Å²) in [4.78, 5) is 44.5. The average molecular weight is 406 g/mol. The van der Waals surface area contributed by atoms with Crippen molar-refractivity contribution in [2.24, 2.45) is 0 Å². The standard InChI is InChI=1S/C22H22N4O4/c1-13-14(2)26-20-12-17(7-8-19(20)25-13)22(29)24-10-9-23-21(28)16-5-4-6-18(11-16)30-15(3)27/h4-8,11-12H,9-10H2,1-3H3,(H,23,28)(H,24,29). The number of carbonyl (C=O) groups excluding carboxylic acids is 3. The molecule has 30 heavy (non-hydrogen) atoms.